The molecule has 1 amide bonds. The number of carbonyl (C=O) groups is 1. The second-order valence-corrected chi connectivity index (χ2v) is 8.66. The molecule has 3 aromatic rings. The van der Waals surface area contributed by atoms with Crippen LogP contribution in [-0.4, -0.2) is 25.9 Å². The topological polar surface area (TPSA) is 79.4 Å². The summed E-state index contributed by atoms with van der Waals surface area (Å²) in [5, 5.41) is 3.17. The van der Waals surface area contributed by atoms with Gasteiger partial charge in [0.05, 0.1) is 10.6 Å². The number of hydrogen-bond acceptors (Lipinski definition) is 4. The maximum absolute atomic E-state index is 13.2. The van der Waals surface area contributed by atoms with E-state index in [-0.39, 0.29) is 18.0 Å². The highest BCUT2D eigenvalue weighted by molar-refractivity contribution is 7.92. The van der Waals surface area contributed by atoms with Gasteiger partial charge in [0, 0.05) is 24.0 Å². The Kier molecular flexibility index (Phi) is 6.51. The number of anilines is 1. The predicted molar refractivity (Wildman–Crippen MR) is 113 cm³/mol. The molecule has 150 valence electrons. The van der Waals surface area contributed by atoms with Crippen LogP contribution < -0.4 is 9.62 Å². The minimum absolute atomic E-state index is 0.0960. The van der Waals surface area contributed by atoms with Gasteiger partial charge in [0.2, 0.25) is 5.91 Å². The highest BCUT2D eigenvalue weighted by atomic mass is 35.5. The van der Waals surface area contributed by atoms with Crippen molar-refractivity contribution in [2.24, 2.45) is 0 Å². The van der Waals surface area contributed by atoms with Crippen LogP contribution in [0.25, 0.3) is 0 Å². The molecule has 0 unspecified atom stereocenters. The summed E-state index contributed by atoms with van der Waals surface area (Å²) in [6.07, 6.45) is 3.25. The lowest BCUT2D eigenvalue weighted by atomic mass is 10.2. The smallest absolute Gasteiger partial charge is 0.264 e. The summed E-state index contributed by atoms with van der Waals surface area (Å²) < 4.78 is 27.5. The molecule has 0 spiro atoms. The van der Waals surface area contributed by atoms with Crippen molar-refractivity contribution in [1.82, 2.24) is 10.3 Å². The van der Waals surface area contributed by atoms with Gasteiger partial charge in [-0.1, -0.05) is 35.9 Å². The second-order valence-electron chi connectivity index (χ2n) is 6.39. The molecule has 0 saturated heterocycles. The number of rotatable bonds is 7. The van der Waals surface area contributed by atoms with E-state index in [1.807, 2.05) is 6.92 Å². The van der Waals surface area contributed by atoms with Gasteiger partial charge in [-0.15, -0.1) is 0 Å². The third kappa shape index (κ3) is 5.13. The van der Waals surface area contributed by atoms with E-state index in [0.717, 1.165) is 15.4 Å². The number of nitrogens with zero attached hydrogens (tertiary/aromatic N) is 2. The van der Waals surface area contributed by atoms with Crippen molar-refractivity contribution in [1.29, 1.82) is 0 Å². The molecule has 0 aliphatic heterocycles. The van der Waals surface area contributed by atoms with Gasteiger partial charge in [-0.3, -0.25) is 14.1 Å². The van der Waals surface area contributed by atoms with Crippen molar-refractivity contribution in [3.8, 4) is 0 Å². The molecule has 8 heteroatoms. The quantitative estimate of drug-likeness (QED) is 0.622. The normalized spacial score (nSPS) is 11.1. The Morgan fingerprint density at radius 2 is 1.76 bits per heavy atom. The number of halogens is 1. The Morgan fingerprint density at radius 1 is 1.07 bits per heavy atom. The maximum Gasteiger partial charge on any atom is 0.264 e. The van der Waals surface area contributed by atoms with E-state index in [9.17, 15) is 13.2 Å². The van der Waals surface area contributed by atoms with Crippen LogP contribution in [0.5, 0.6) is 0 Å². The highest BCUT2D eigenvalue weighted by Crippen LogP contribution is 2.27. The lowest BCUT2D eigenvalue weighted by Crippen LogP contribution is -2.40. The van der Waals surface area contributed by atoms with E-state index in [0.29, 0.717) is 10.7 Å². The van der Waals surface area contributed by atoms with Crippen LogP contribution in [0.2, 0.25) is 5.02 Å². The van der Waals surface area contributed by atoms with Crippen LogP contribution >= 0.6 is 11.6 Å². The van der Waals surface area contributed by atoms with E-state index in [1.165, 1.54) is 12.1 Å². The fourth-order valence-corrected chi connectivity index (χ4v) is 4.27. The first kappa shape index (κ1) is 20.8. The number of carbonyl (C=O) groups excluding carboxylic acids is 1. The van der Waals surface area contributed by atoms with Crippen molar-refractivity contribution in [3.63, 3.8) is 0 Å². The van der Waals surface area contributed by atoms with Crippen LogP contribution in [0.1, 0.15) is 11.1 Å². The fourth-order valence-electron chi connectivity index (χ4n) is 2.66. The number of hydrogen-bond donors (Lipinski definition) is 1. The molecule has 0 aliphatic rings. The largest absolute Gasteiger partial charge is 0.350 e. The third-order valence-electron chi connectivity index (χ3n) is 4.30. The van der Waals surface area contributed by atoms with Gasteiger partial charge in [0.1, 0.15) is 6.54 Å². The fraction of sp³-hybridized carbons (Fsp3) is 0.143. The molecule has 29 heavy (non-hydrogen) atoms. The zero-order chi connectivity index (χ0) is 20.9. The van der Waals surface area contributed by atoms with Crippen LogP contribution in [0, 0.1) is 6.92 Å². The summed E-state index contributed by atoms with van der Waals surface area (Å²) in [7, 11) is -3.96. The van der Waals surface area contributed by atoms with Crippen molar-refractivity contribution in [3.05, 3.63) is 89.2 Å². The molecule has 0 atom stereocenters. The summed E-state index contributed by atoms with van der Waals surface area (Å²) in [6, 6.07) is 16.4. The van der Waals surface area contributed by atoms with Crippen LogP contribution in [-0.2, 0) is 21.4 Å². The van der Waals surface area contributed by atoms with Gasteiger partial charge < -0.3 is 5.32 Å². The van der Waals surface area contributed by atoms with E-state index < -0.39 is 15.9 Å². The van der Waals surface area contributed by atoms with Crippen LogP contribution in [0.4, 0.5) is 5.69 Å². The van der Waals surface area contributed by atoms with Crippen LogP contribution in [0.3, 0.4) is 0 Å². The average Bonchev–Trinajstić information content (AvgIpc) is 2.74. The molecule has 0 aliphatic carbocycles. The number of aromatic nitrogens is 1. The molecule has 0 fully saturated rings. The van der Waals surface area contributed by atoms with Crippen LogP contribution in [0.15, 0.2) is 78.0 Å². The van der Waals surface area contributed by atoms with Gasteiger partial charge in [-0.05, 0) is 54.4 Å². The van der Waals surface area contributed by atoms with Crippen molar-refractivity contribution in [2.75, 3.05) is 10.8 Å². The number of sulfonamides is 1. The Morgan fingerprint density at radius 3 is 2.41 bits per heavy atom. The minimum Gasteiger partial charge on any atom is -0.350 e. The number of amides is 1. The van der Waals surface area contributed by atoms with Crippen molar-refractivity contribution in [2.45, 2.75) is 18.4 Å². The summed E-state index contributed by atoms with van der Waals surface area (Å²) in [5.41, 5.74) is 2.00. The first-order valence-electron chi connectivity index (χ1n) is 8.87. The Balaban J connectivity index is 1.88. The standard InChI is InChI=1S/C21H20ClN3O3S/c1-16-7-8-18(13-20(16)22)25(29(27,28)19-5-3-2-4-6-19)15-21(26)24-14-17-9-11-23-12-10-17/h2-13H,14-15H2,1H3,(H,24,26). The van der Waals surface area contributed by atoms with Crippen molar-refractivity contribution < 1.29 is 13.2 Å². The Bertz CT molecular complexity index is 1090. The molecule has 0 saturated carbocycles. The zero-order valence-corrected chi connectivity index (χ0v) is 17.3. The molecule has 3 rings (SSSR count). The number of aryl methyl sites for hydroxylation is 1. The Labute approximate surface area is 175 Å². The number of pyridine rings is 1. The van der Waals surface area contributed by atoms with Gasteiger partial charge in [0.15, 0.2) is 0 Å². The lowest BCUT2D eigenvalue weighted by Gasteiger charge is -2.24. The lowest BCUT2D eigenvalue weighted by molar-refractivity contribution is -0.119. The third-order valence-corrected chi connectivity index (χ3v) is 6.50. The Hall–Kier alpha value is -2.90. The average molecular weight is 430 g/mol. The maximum atomic E-state index is 13.2. The van der Waals surface area contributed by atoms with Gasteiger partial charge >= 0.3 is 0 Å². The summed E-state index contributed by atoms with van der Waals surface area (Å²) in [6.45, 7) is 1.72. The predicted octanol–water partition coefficient (Wildman–Crippen LogP) is 3.56. The monoisotopic (exact) mass is 429 g/mol. The van der Waals surface area contributed by atoms with Crippen molar-refractivity contribution >= 4 is 33.2 Å². The SMILES string of the molecule is Cc1ccc(N(CC(=O)NCc2ccncc2)S(=O)(=O)c2ccccc2)cc1Cl. The first-order chi connectivity index (χ1) is 13.9. The van der Waals surface area contributed by atoms with Gasteiger partial charge in [-0.2, -0.15) is 0 Å². The van der Waals surface area contributed by atoms with E-state index in [2.05, 4.69) is 10.3 Å². The summed E-state index contributed by atoms with van der Waals surface area (Å²) in [5.74, 6) is -0.432. The molecular weight excluding hydrogens is 410 g/mol. The first-order valence-corrected chi connectivity index (χ1v) is 10.7. The van der Waals surface area contributed by atoms with Gasteiger partial charge in [0.25, 0.3) is 10.0 Å². The number of benzene rings is 2. The van der Waals surface area contributed by atoms with Gasteiger partial charge in [-0.25, -0.2) is 8.42 Å². The summed E-state index contributed by atoms with van der Waals surface area (Å²) in [4.78, 5) is 16.6. The molecule has 0 bridgehead atoms. The van der Waals surface area contributed by atoms with E-state index in [4.69, 9.17) is 11.6 Å². The molecule has 1 N–H and O–H groups in total. The molecule has 2 aromatic carbocycles. The highest BCUT2D eigenvalue weighted by Gasteiger charge is 2.27. The summed E-state index contributed by atoms with van der Waals surface area (Å²) >= 11 is 6.20. The second kappa shape index (κ2) is 9.07. The molecule has 0 radical (unpaired) electrons. The van der Waals surface area contributed by atoms with E-state index >= 15 is 0 Å². The molecule has 1 heterocycles. The molecule has 6 nitrogen and oxygen atoms in total. The number of nitrogens with one attached hydrogen (secondary N) is 1. The van der Waals surface area contributed by atoms with E-state index in [1.54, 1.807) is 60.9 Å². The molecular formula is C21H20ClN3O3S. The zero-order valence-electron chi connectivity index (χ0n) is 15.7. The minimum atomic E-state index is -3.96. The molecule has 1 aromatic heterocycles.